The van der Waals surface area contributed by atoms with E-state index in [0.29, 0.717) is 5.75 Å². The summed E-state index contributed by atoms with van der Waals surface area (Å²) in [5.41, 5.74) is 6.92. The Hall–Kier alpha value is -3.38. The number of aromatic amines is 1. The number of benzene rings is 2. The third kappa shape index (κ3) is 4.07. The van der Waals surface area contributed by atoms with Gasteiger partial charge in [-0.1, -0.05) is 42.1 Å². The predicted octanol–water partition coefficient (Wildman–Crippen LogP) is 6.25. The van der Waals surface area contributed by atoms with Crippen LogP contribution in [0.3, 0.4) is 0 Å². The number of pyridine rings is 1. The normalized spacial score (nSPS) is 14.8. The lowest BCUT2D eigenvalue weighted by Crippen LogP contribution is -2.49. The molecule has 0 spiro atoms. The number of aromatic nitrogens is 3. The summed E-state index contributed by atoms with van der Waals surface area (Å²) >= 11 is 1.46. The molecular weight excluding hydrogens is 428 g/mol. The number of hydrogen-bond acceptors (Lipinski definition) is 4. The molecule has 0 bridgehead atoms. The summed E-state index contributed by atoms with van der Waals surface area (Å²) in [5.74, 6) is 1.19. The van der Waals surface area contributed by atoms with E-state index in [4.69, 9.17) is 0 Å². The van der Waals surface area contributed by atoms with Crippen LogP contribution in [0.5, 0.6) is 0 Å². The van der Waals surface area contributed by atoms with Crippen LogP contribution >= 0.6 is 11.8 Å². The molecule has 2 aromatic heterocycles. The molecule has 1 N–H and O–H groups in total. The van der Waals surface area contributed by atoms with Gasteiger partial charge in [-0.15, -0.1) is 0 Å². The molecule has 4 aromatic rings. The highest BCUT2D eigenvalue weighted by Gasteiger charge is 2.35. The zero-order chi connectivity index (χ0) is 23.2. The van der Waals surface area contributed by atoms with E-state index in [1.165, 1.54) is 17.3 Å². The van der Waals surface area contributed by atoms with E-state index in [1.54, 1.807) is 6.20 Å². The first-order valence-corrected chi connectivity index (χ1v) is 12.0. The van der Waals surface area contributed by atoms with E-state index in [2.05, 4.69) is 66.9 Å². The van der Waals surface area contributed by atoms with Gasteiger partial charge < -0.3 is 9.88 Å². The van der Waals surface area contributed by atoms with Crippen molar-refractivity contribution in [2.75, 3.05) is 10.7 Å². The number of hydrogen-bond donors (Lipinski definition) is 1. The highest BCUT2D eigenvalue weighted by atomic mass is 32.2. The van der Waals surface area contributed by atoms with Crippen LogP contribution in [0.2, 0.25) is 0 Å². The van der Waals surface area contributed by atoms with E-state index in [-0.39, 0.29) is 11.4 Å². The molecule has 0 saturated carbocycles. The van der Waals surface area contributed by atoms with Crippen LogP contribution in [-0.2, 0) is 4.79 Å². The highest BCUT2D eigenvalue weighted by molar-refractivity contribution is 7.99. The predicted molar refractivity (Wildman–Crippen MR) is 136 cm³/mol. The maximum absolute atomic E-state index is 13.4. The first kappa shape index (κ1) is 21.5. The third-order valence-electron chi connectivity index (χ3n) is 5.96. The number of nitrogens with one attached hydrogen (secondary N) is 1. The monoisotopic (exact) mass is 454 g/mol. The largest absolute Gasteiger partial charge is 0.338 e. The lowest BCUT2D eigenvalue weighted by molar-refractivity contribution is -0.116. The number of allylic oxidation sites excluding steroid dienone is 1. The van der Waals surface area contributed by atoms with Gasteiger partial charge in [0.05, 0.1) is 33.0 Å². The summed E-state index contributed by atoms with van der Waals surface area (Å²) in [7, 11) is 0. The topological polar surface area (TPSA) is 61.9 Å². The van der Waals surface area contributed by atoms with Crippen molar-refractivity contribution >= 4 is 40.0 Å². The SMILES string of the molecule is CC1=CC(C)(C)N(C(=O)CSc2ccc(-c3nc4ccccc4[nH]3)cn2)c2cc(C)ccc21. The van der Waals surface area contributed by atoms with E-state index in [9.17, 15) is 4.79 Å². The molecule has 0 unspecified atom stereocenters. The van der Waals surface area contributed by atoms with Crippen molar-refractivity contribution in [3.8, 4) is 11.4 Å². The number of para-hydroxylation sites is 2. The fourth-order valence-corrected chi connectivity index (χ4v) is 5.19. The molecule has 33 heavy (non-hydrogen) atoms. The van der Waals surface area contributed by atoms with Crippen molar-refractivity contribution in [2.24, 2.45) is 0 Å². The quantitative estimate of drug-likeness (QED) is 0.370. The van der Waals surface area contributed by atoms with Gasteiger partial charge >= 0.3 is 0 Å². The van der Waals surface area contributed by atoms with Crippen molar-refractivity contribution < 1.29 is 4.79 Å². The molecule has 0 atom stereocenters. The number of carbonyl (C=O) groups is 1. The number of anilines is 1. The molecule has 0 aliphatic carbocycles. The zero-order valence-corrected chi connectivity index (χ0v) is 20.0. The summed E-state index contributed by atoms with van der Waals surface area (Å²) in [6, 6.07) is 18.2. The van der Waals surface area contributed by atoms with Gasteiger partial charge in [-0.05, 0) is 69.2 Å². The molecule has 0 fully saturated rings. The van der Waals surface area contributed by atoms with Crippen LogP contribution in [0.4, 0.5) is 5.69 Å². The number of carbonyl (C=O) groups excluding carboxylic acids is 1. The maximum Gasteiger partial charge on any atom is 0.238 e. The van der Waals surface area contributed by atoms with Crippen LogP contribution in [0, 0.1) is 6.92 Å². The van der Waals surface area contributed by atoms with Crippen molar-refractivity contribution in [2.45, 2.75) is 38.3 Å². The Morgan fingerprint density at radius 2 is 1.91 bits per heavy atom. The maximum atomic E-state index is 13.4. The molecule has 1 amide bonds. The van der Waals surface area contributed by atoms with Gasteiger partial charge in [0.1, 0.15) is 5.82 Å². The third-order valence-corrected chi connectivity index (χ3v) is 6.89. The van der Waals surface area contributed by atoms with Gasteiger partial charge in [0.25, 0.3) is 0 Å². The lowest BCUT2D eigenvalue weighted by atomic mass is 9.88. The second kappa shape index (κ2) is 8.19. The molecule has 166 valence electrons. The molecular formula is C27H26N4OS. The number of H-pyrrole nitrogens is 1. The molecule has 5 nitrogen and oxygen atoms in total. The fourth-order valence-electron chi connectivity index (χ4n) is 4.49. The van der Waals surface area contributed by atoms with Gasteiger partial charge in [-0.3, -0.25) is 4.79 Å². The number of fused-ring (bicyclic) bond motifs is 2. The van der Waals surface area contributed by atoms with Crippen LogP contribution in [0.1, 0.15) is 31.9 Å². The second-order valence-electron chi connectivity index (χ2n) is 9.01. The second-order valence-corrected chi connectivity index (χ2v) is 10.0. The van der Waals surface area contributed by atoms with E-state index in [0.717, 1.165) is 44.3 Å². The van der Waals surface area contributed by atoms with Crippen molar-refractivity contribution in [1.29, 1.82) is 0 Å². The first-order chi connectivity index (χ1) is 15.8. The molecule has 3 heterocycles. The van der Waals surface area contributed by atoms with Crippen molar-refractivity contribution in [1.82, 2.24) is 15.0 Å². The van der Waals surface area contributed by atoms with Crippen LogP contribution in [0.25, 0.3) is 28.0 Å². The zero-order valence-electron chi connectivity index (χ0n) is 19.2. The molecule has 2 aromatic carbocycles. The molecule has 0 radical (unpaired) electrons. The summed E-state index contributed by atoms with van der Waals surface area (Å²) in [5, 5.41) is 0.814. The van der Waals surface area contributed by atoms with E-state index in [1.807, 2.05) is 41.3 Å². The van der Waals surface area contributed by atoms with Gasteiger partial charge in [0.2, 0.25) is 5.91 Å². The number of aryl methyl sites for hydroxylation is 1. The average molecular weight is 455 g/mol. The Balaban J connectivity index is 1.33. The molecule has 5 rings (SSSR count). The van der Waals surface area contributed by atoms with Crippen LogP contribution in [-0.4, -0.2) is 32.2 Å². The Morgan fingerprint density at radius 3 is 2.67 bits per heavy atom. The molecule has 1 aliphatic rings. The standard InChI is InChI=1S/C27H26N4OS/c1-17-9-11-20-18(2)14-27(3,4)31(23(20)13-17)25(32)16-33-24-12-10-19(15-28-24)26-29-21-7-5-6-8-22(21)30-26/h5-15H,16H2,1-4H3,(H,29,30). The van der Waals surface area contributed by atoms with E-state index < -0.39 is 0 Å². The number of amides is 1. The average Bonchev–Trinajstić information content (AvgIpc) is 3.21. The summed E-state index contributed by atoms with van der Waals surface area (Å²) < 4.78 is 0. The summed E-state index contributed by atoms with van der Waals surface area (Å²) in [6.07, 6.45) is 3.98. The smallest absolute Gasteiger partial charge is 0.238 e. The number of imidazole rings is 1. The van der Waals surface area contributed by atoms with Crippen molar-refractivity contribution in [3.63, 3.8) is 0 Å². The van der Waals surface area contributed by atoms with Crippen molar-refractivity contribution in [3.05, 3.63) is 78.0 Å². The van der Waals surface area contributed by atoms with Crippen LogP contribution in [0.15, 0.2) is 71.9 Å². The number of thioether (sulfide) groups is 1. The lowest BCUT2D eigenvalue weighted by Gasteiger charge is -2.41. The van der Waals surface area contributed by atoms with E-state index >= 15 is 0 Å². The number of nitrogens with zero attached hydrogens (tertiary/aromatic N) is 3. The Kier molecular flexibility index (Phi) is 5.33. The Morgan fingerprint density at radius 1 is 1.09 bits per heavy atom. The molecule has 1 aliphatic heterocycles. The minimum Gasteiger partial charge on any atom is -0.338 e. The summed E-state index contributed by atoms with van der Waals surface area (Å²) in [4.78, 5) is 27.8. The Labute approximate surface area is 198 Å². The molecule has 6 heteroatoms. The molecule has 0 saturated heterocycles. The fraction of sp³-hybridized carbons (Fsp3) is 0.222. The minimum absolute atomic E-state index is 0.0729. The van der Waals surface area contributed by atoms with Gasteiger partial charge in [-0.2, -0.15) is 0 Å². The Bertz CT molecular complexity index is 1350. The first-order valence-electron chi connectivity index (χ1n) is 11.0. The minimum atomic E-state index is -0.388. The van der Waals surface area contributed by atoms with Gasteiger partial charge in [0.15, 0.2) is 0 Å². The van der Waals surface area contributed by atoms with Gasteiger partial charge in [-0.25, -0.2) is 9.97 Å². The summed E-state index contributed by atoms with van der Waals surface area (Å²) in [6.45, 7) is 8.35. The van der Waals surface area contributed by atoms with Crippen LogP contribution < -0.4 is 4.90 Å². The highest BCUT2D eigenvalue weighted by Crippen LogP contribution is 2.40. The number of rotatable bonds is 4. The van der Waals surface area contributed by atoms with Gasteiger partial charge in [0, 0.05) is 17.3 Å².